The van der Waals surface area contributed by atoms with Gasteiger partial charge in [-0.25, -0.2) is 4.98 Å². The monoisotopic (exact) mass is 585 g/mol. The number of hydrogen-bond donors (Lipinski definition) is 4. The lowest BCUT2D eigenvalue weighted by atomic mass is 10.0. The van der Waals surface area contributed by atoms with E-state index in [4.69, 9.17) is 11.6 Å². The Bertz CT molecular complexity index is 1360. The van der Waals surface area contributed by atoms with Crippen molar-refractivity contribution in [3.8, 4) is 0 Å². The number of thiazole rings is 1. The quantitative estimate of drug-likeness (QED) is 0.362. The Kier molecular flexibility index (Phi) is 9.88. The largest absolute Gasteiger partial charge is 0.351 e. The normalized spacial score (nSPS) is 20.8. The van der Waals surface area contributed by atoms with E-state index in [2.05, 4.69) is 31.3 Å². The smallest absolute Gasteiger partial charge is 0.273 e. The predicted molar refractivity (Wildman–Crippen MR) is 151 cm³/mol. The summed E-state index contributed by atoms with van der Waals surface area (Å²) in [5.74, 6) is -1.77. The Hall–Kier alpha value is -3.77. The number of carbonyl (C=O) groups excluding carboxylic acids is 4. The zero-order valence-corrected chi connectivity index (χ0v) is 23.8. The number of hydrogen-bond acceptors (Lipinski definition) is 7. The van der Waals surface area contributed by atoms with Gasteiger partial charge in [0.2, 0.25) is 11.8 Å². The lowest BCUT2D eigenvalue weighted by Crippen LogP contribution is -2.54. The molecule has 2 aromatic heterocycles. The highest BCUT2D eigenvalue weighted by Crippen LogP contribution is 2.23. The molecule has 4 N–H and O–H groups in total. The molecule has 0 spiro atoms. The molecule has 13 heteroatoms. The van der Waals surface area contributed by atoms with Crippen LogP contribution in [0.5, 0.6) is 0 Å². The first-order valence-electron chi connectivity index (χ1n) is 13.1. The molecule has 0 aliphatic carbocycles. The molecule has 11 nitrogen and oxygen atoms in total. The van der Waals surface area contributed by atoms with Crippen LogP contribution >= 0.6 is 22.9 Å². The molecule has 0 fully saturated rings. The van der Waals surface area contributed by atoms with Crippen LogP contribution in [-0.2, 0) is 23.1 Å². The first kappa shape index (κ1) is 29.2. The van der Waals surface area contributed by atoms with Crippen LogP contribution in [0, 0.1) is 0 Å². The molecule has 3 heterocycles. The minimum absolute atomic E-state index is 0.00642. The van der Waals surface area contributed by atoms with E-state index < -0.39 is 29.9 Å². The Morgan fingerprint density at radius 3 is 2.58 bits per heavy atom. The van der Waals surface area contributed by atoms with Crippen molar-refractivity contribution in [2.75, 3.05) is 6.54 Å². The number of amides is 4. The van der Waals surface area contributed by atoms with E-state index in [1.807, 2.05) is 30.3 Å². The maximum atomic E-state index is 13.4. The second kappa shape index (κ2) is 13.5. The summed E-state index contributed by atoms with van der Waals surface area (Å²) in [5.41, 5.74) is 1.28. The molecule has 0 unspecified atom stereocenters. The van der Waals surface area contributed by atoms with Gasteiger partial charge >= 0.3 is 0 Å². The van der Waals surface area contributed by atoms with Gasteiger partial charge in [0.1, 0.15) is 22.8 Å². The van der Waals surface area contributed by atoms with Gasteiger partial charge in [-0.05, 0) is 37.7 Å². The predicted octanol–water partition coefficient (Wildman–Crippen LogP) is 2.54. The molecule has 0 radical (unpaired) electrons. The highest BCUT2D eigenvalue weighted by atomic mass is 35.5. The molecule has 1 aromatic carbocycles. The summed E-state index contributed by atoms with van der Waals surface area (Å²) < 4.78 is 1.41. The third kappa shape index (κ3) is 7.45. The summed E-state index contributed by atoms with van der Waals surface area (Å²) in [6, 6.07) is 7.34. The standard InChI is InChI=1S/C27H32ClN7O4S/c1-3-18-24(37)32-20(13-16-9-5-4-6-10-16)27-33-21(15-40-27)23(36)29-12-8-7-11-19(25(38)30-18)31-26(39)22-17(28)14-35(2)34-22/h4-6,9-10,14-15,18-20H,3,7-8,11-13H2,1-2H3,(H,29,36)(H,30,38)(H,31,39)(H,32,37)/t18-,19+,20+/m1/s1. The van der Waals surface area contributed by atoms with Crippen molar-refractivity contribution in [2.45, 2.75) is 57.2 Å². The van der Waals surface area contributed by atoms with E-state index >= 15 is 0 Å². The van der Waals surface area contributed by atoms with Crippen LogP contribution in [0.1, 0.15) is 70.2 Å². The highest BCUT2D eigenvalue weighted by Gasteiger charge is 2.29. The molecule has 3 atom stereocenters. The van der Waals surface area contributed by atoms with Gasteiger partial charge in [0, 0.05) is 25.2 Å². The van der Waals surface area contributed by atoms with Crippen molar-refractivity contribution in [1.29, 1.82) is 0 Å². The first-order chi connectivity index (χ1) is 19.2. The fraction of sp³-hybridized carbons (Fsp3) is 0.407. The molecule has 0 saturated carbocycles. The topological polar surface area (TPSA) is 147 Å². The number of carbonyl (C=O) groups is 4. The molecular weight excluding hydrogens is 554 g/mol. The maximum absolute atomic E-state index is 13.4. The van der Waals surface area contributed by atoms with E-state index in [9.17, 15) is 19.2 Å². The molecular formula is C27H32ClN7O4S. The van der Waals surface area contributed by atoms with Gasteiger partial charge < -0.3 is 21.3 Å². The fourth-order valence-electron chi connectivity index (χ4n) is 4.37. The van der Waals surface area contributed by atoms with E-state index in [0.29, 0.717) is 37.2 Å². The number of aromatic nitrogens is 3. The van der Waals surface area contributed by atoms with E-state index in [0.717, 1.165) is 5.56 Å². The Labute approximate surface area is 241 Å². The number of aryl methyl sites for hydroxylation is 1. The maximum Gasteiger partial charge on any atom is 0.273 e. The Morgan fingerprint density at radius 1 is 1.12 bits per heavy atom. The molecule has 1 aliphatic heterocycles. The lowest BCUT2D eigenvalue weighted by molar-refractivity contribution is -0.130. The SMILES string of the molecule is CC[C@H]1NC(=O)[C@@H](NC(=O)c2nn(C)cc2Cl)CCCCNC(=O)c2csc(n2)[C@H](Cc2ccccc2)NC1=O. The second-order valence-corrected chi connectivity index (χ2v) is 10.9. The van der Waals surface area contributed by atoms with E-state index in [1.165, 1.54) is 22.2 Å². The fourth-order valence-corrected chi connectivity index (χ4v) is 5.49. The Morgan fingerprint density at radius 2 is 1.88 bits per heavy atom. The van der Waals surface area contributed by atoms with Gasteiger partial charge in [0.15, 0.2) is 5.69 Å². The van der Waals surface area contributed by atoms with Crippen molar-refractivity contribution in [3.05, 3.63) is 68.9 Å². The number of nitrogens with zero attached hydrogens (tertiary/aromatic N) is 3. The molecule has 1 aliphatic rings. The summed E-state index contributed by atoms with van der Waals surface area (Å²) in [6.45, 7) is 2.17. The molecule has 4 amide bonds. The number of fused-ring (bicyclic) bond motifs is 2. The van der Waals surface area contributed by atoms with Crippen molar-refractivity contribution >= 4 is 46.6 Å². The summed E-state index contributed by atoms with van der Waals surface area (Å²) in [5, 5.41) is 17.9. The van der Waals surface area contributed by atoms with Gasteiger partial charge in [0.05, 0.1) is 11.1 Å². The van der Waals surface area contributed by atoms with Gasteiger partial charge in [-0.15, -0.1) is 11.3 Å². The molecule has 2 bridgehead atoms. The molecule has 4 rings (SSSR count). The van der Waals surface area contributed by atoms with Gasteiger partial charge in [-0.1, -0.05) is 48.9 Å². The van der Waals surface area contributed by atoms with Gasteiger partial charge in [0.25, 0.3) is 11.8 Å². The lowest BCUT2D eigenvalue weighted by Gasteiger charge is -2.24. The zero-order valence-electron chi connectivity index (χ0n) is 22.3. The van der Waals surface area contributed by atoms with Crippen LogP contribution in [0.15, 0.2) is 41.9 Å². The van der Waals surface area contributed by atoms with Crippen LogP contribution in [0.2, 0.25) is 5.02 Å². The first-order valence-corrected chi connectivity index (χ1v) is 14.4. The molecule has 0 saturated heterocycles. The summed E-state index contributed by atoms with van der Waals surface area (Å²) in [6.07, 6.45) is 3.66. The van der Waals surface area contributed by atoms with Gasteiger partial charge in [-0.2, -0.15) is 5.10 Å². The number of halogens is 1. The van der Waals surface area contributed by atoms with Crippen molar-refractivity contribution in [2.24, 2.45) is 7.05 Å². The summed E-state index contributed by atoms with van der Waals surface area (Å²) >= 11 is 7.43. The average molecular weight is 586 g/mol. The highest BCUT2D eigenvalue weighted by molar-refractivity contribution is 7.09. The minimum atomic E-state index is -0.935. The zero-order chi connectivity index (χ0) is 28.6. The molecule has 40 heavy (non-hydrogen) atoms. The van der Waals surface area contributed by atoms with E-state index in [1.54, 1.807) is 19.4 Å². The minimum Gasteiger partial charge on any atom is -0.351 e. The van der Waals surface area contributed by atoms with Crippen molar-refractivity contribution in [1.82, 2.24) is 36.0 Å². The average Bonchev–Trinajstić information content (AvgIpc) is 3.56. The van der Waals surface area contributed by atoms with Crippen molar-refractivity contribution < 1.29 is 19.2 Å². The number of benzene rings is 1. The third-order valence-corrected chi connectivity index (χ3v) is 7.75. The van der Waals surface area contributed by atoms with Gasteiger partial charge in [-0.3, -0.25) is 23.9 Å². The van der Waals surface area contributed by atoms with E-state index in [-0.39, 0.29) is 34.6 Å². The van der Waals surface area contributed by atoms with Crippen LogP contribution in [0.25, 0.3) is 0 Å². The third-order valence-electron chi connectivity index (χ3n) is 6.52. The summed E-state index contributed by atoms with van der Waals surface area (Å²) in [4.78, 5) is 56.9. The number of rotatable bonds is 5. The second-order valence-electron chi connectivity index (χ2n) is 9.57. The molecule has 212 valence electrons. The van der Waals surface area contributed by atoms with Crippen LogP contribution in [0.4, 0.5) is 0 Å². The van der Waals surface area contributed by atoms with Crippen LogP contribution in [0.3, 0.4) is 0 Å². The number of nitrogens with one attached hydrogen (secondary N) is 4. The van der Waals surface area contributed by atoms with Crippen molar-refractivity contribution in [3.63, 3.8) is 0 Å². The van der Waals surface area contributed by atoms with Crippen LogP contribution in [-0.4, -0.2) is 57.0 Å². The molecule has 3 aromatic rings. The summed E-state index contributed by atoms with van der Waals surface area (Å²) in [7, 11) is 1.64. The Balaban J connectivity index is 1.57. The van der Waals surface area contributed by atoms with Crippen LogP contribution < -0.4 is 21.3 Å².